The molecule has 98 valence electrons. The molecular weight excluding hydrogens is 246 g/mol. The monoisotopic (exact) mass is 259 g/mol. The number of pyridine rings is 1. The standard InChI is InChI=1S/C13H13N3O3/c1-8-7-11(9(2)6-10(8)16(17)18)19-13-5-3-4-12(14)15-13/h3-7H,1-2H3,(H2,14,15). The van der Waals surface area contributed by atoms with Gasteiger partial charge in [0.25, 0.3) is 5.69 Å². The molecule has 0 aliphatic heterocycles. The maximum Gasteiger partial charge on any atom is 0.272 e. The Kier molecular flexibility index (Phi) is 3.33. The van der Waals surface area contributed by atoms with E-state index in [2.05, 4.69) is 4.98 Å². The summed E-state index contributed by atoms with van der Waals surface area (Å²) in [6, 6.07) is 8.16. The second kappa shape index (κ2) is 4.93. The van der Waals surface area contributed by atoms with Gasteiger partial charge < -0.3 is 10.5 Å². The molecule has 1 heterocycles. The minimum Gasteiger partial charge on any atom is -0.439 e. The summed E-state index contributed by atoms with van der Waals surface area (Å²) in [5, 5.41) is 10.8. The van der Waals surface area contributed by atoms with Gasteiger partial charge in [0.2, 0.25) is 5.88 Å². The number of aryl methyl sites for hydroxylation is 2. The summed E-state index contributed by atoms with van der Waals surface area (Å²) >= 11 is 0. The molecule has 0 aliphatic rings. The van der Waals surface area contributed by atoms with Gasteiger partial charge in [-0.3, -0.25) is 10.1 Å². The van der Waals surface area contributed by atoms with Crippen LogP contribution in [0.15, 0.2) is 30.3 Å². The average molecular weight is 259 g/mol. The van der Waals surface area contributed by atoms with Crippen molar-refractivity contribution in [1.29, 1.82) is 0 Å². The van der Waals surface area contributed by atoms with E-state index in [4.69, 9.17) is 10.5 Å². The number of nitro benzene ring substituents is 1. The minimum absolute atomic E-state index is 0.0744. The third kappa shape index (κ3) is 2.79. The van der Waals surface area contributed by atoms with Crippen molar-refractivity contribution in [3.8, 4) is 11.6 Å². The highest BCUT2D eigenvalue weighted by Gasteiger charge is 2.14. The van der Waals surface area contributed by atoms with Crippen LogP contribution < -0.4 is 10.5 Å². The fourth-order valence-electron chi connectivity index (χ4n) is 1.68. The lowest BCUT2D eigenvalue weighted by Crippen LogP contribution is -1.97. The molecule has 0 radical (unpaired) electrons. The van der Waals surface area contributed by atoms with E-state index in [0.717, 1.165) is 0 Å². The number of hydrogen-bond donors (Lipinski definition) is 1. The largest absolute Gasteiger partial charge is 0.439 e. The number of hydrogen-bond acceptors (Lipinski definition) is 5. The molecule has 2 N–H and O–H groups in total. The van der Waals surface area contributed by atoms with Crippen LogP contribution in [0.5, 0.6) is 11.6 Å². The summed E-state index contributed by atoms with van der Waals surface area (Å²) in [7, 11) is 0. The molecule has 1 aromatic heterocycles. The number of aromatic nitrogens is 1. The molecule has 0 saturated carbocycles. The third-order valence-electron chi connectivity index (χ3n) is 2.65. The van der Waals surface area contributed by atoms with Crippen molar-refractivity contribution >= 4 is 11.5 Å². The minimum atomic E-state index is -0.412. The second-order valence-electron chi connectivity index (χ2n) is 4.16. The molecule has 6 heteroatoms. The summed E-state index contributed by atoms with van der Waals surface area (Å²) in [5.74, 6) is 1.24. The van der Waals surface area contributed by atoms with Gasteiger partial charge in [-0.2, -0.15) is 4.98 Å². The van der Waals surface area contributed by atoms with Crippen molar-refractivity contribution in [2.24, 2.45) is 0 Å². The third-order valence-corrected chi connectivity index (χ3v) is 2.65. The van der Waals surface area contributed by atoms with Crippen LogP contribution in [-0.4, -0.2) is 9.91 Å². The van der Waals surface area contributed by atoms with Gasteiger partial charge in [-0.15, -0.1) is 0 Å². The molecule has 19 heavy (non-hydrogen) atoms. The predicted octanol–water partition coefficient (Wildman–Crippen LogP) is 2.98. The van der Waals surface area contributed by atoms with Crippen LogP contribution in [0.25, 0.3) is 0 Å². The molecule has 0 unspecified atom stereocenters. The average Bonchev–Trinajstić information content (AvgIpc) is 2.33. The molecule has 0 saturated heterocycles. The van der Waals surface area contributed by atoms with Gasteiger partial charge in [0.1, 0.15) is 11.6 Å². The Morgan fingerprint density at radius 1 is 1.26 bits per heavy atom. The van der Waals surface area contributed by atoms with E-state index in [1.165, 1.54) is 6.07 Å². The van der Waals surface area contributed by atoms with Crippen molar-refractivity contribution in [2.45, 2.75) is 13.8 Å². The van der Waals surface area contributed by atoms with Crippen molar-refractivity contribution in [3.05, 3.63) is 51.6 Å². The number of nitro groups is 1. The van der Waals surface area contributed by atoms with E-state index >= 15 is 0 Å². The summed E-state index contributed by atoms with van der Waals surface area (Å²) in [6.45, 7) is 3.41. The highest BCUT2D eigenvalue weighted by atomic mass is 16.6. The topological polar surface area (TPSA) is 91.3 Å². The Hall–Kier alpha value is -2.63. The van der Waals surface area contributed by atoms with E-state index in [-0.39, 0.29) is 5.69 Å². The van der Waals surface area contributed by atoms with Crippen LogP contribution in [0.3, 0.4) is 0 Å². The van der Waals surface area contributed by atoms with Crippen LogP contribution in [-0.2, 0) is 0 Å². The van der Waals surface area contributed by atoms with E-state index in [0.29, 0.717) is 28.6 Å². The number of nitrogens with two attached hydrogens (primary N) is 1. The van der Waals surface area contributed by atoms with Crippen LogP contribution in [0.1, 0.15) is 11.1 Å². The molecule has 0 atom stereocenters. The van der Waals surface area contributed by atoms with Gasteiger partial charge in [-0.05, 0) is 31.5 Å². The van der Waals surface area contributed by atoms with Gasteiger partial charge >= 0.3 is 0 Å². The number of anilines is 1. The molecule has 0 fully saturated rings. The number of nitrogens with zero attached hydrogens (tertiary/aromatic N) is 2. The Bertz CT molecular complexity index is 641. The summed E-state index contributed by atoms with van der Waals surface area (Å²) < 4.78 is 5.59. The molecule has 6 nitrogen and oxygen atoms in total. The first kappa shape index (κ1) is 12.8. The first-order valence-electron chi connectivity index (χ1n) is 5.63. The van der Waals surface area contributed by atoms with Crippen molar-refractivity contribution < 1.29 is 9.66 Å². The number of nitrogen functional groups attached to an aromatic ring is 1. The number of rotatable bonds is 3. The number of ether oxygens (including phenoxy) is 1. The van der Waals surface area contributed by atoms with Gasteiger partial charge in [0.05, 0.1) is 4.92 Å². The number of benzene rings is 1. The fourth-order valence-corrected chi connectivity index (χ4v) is 1.68. The van der Waals surface area contributed by atoms with Gasteiger partial charge in [-0.25, -0.2) is 0 Å². The van der Waals surface area contributed by atoms with Gasteiger partial charge in [-0.1, -0.05) is 6.07 Å². The van der Waals surface area contributed by atoms with Crippen molar-refractivity contribution in [1.82, 2.24) is 4.98 Å². The summed E-state index contributed by atoms with van der Waals surface area (Å²) in [6.07, 6.45) is 0. The first-order valence-corrected chi connectivity index (χ1v) is 5.63. The first-order chi connectivity index (χ1) is 8.97. The maximum atomic E-state index is 10.8. The summed E-state index contributed by atoms with van der Waals surface area (Å²) in [4.78, 5) is 14.4. The molecule has 0 amide bonds. The van der Waals surface area contributed by atoms with Crippen LogP contribution in [0.2, 0.25) is 0 Å². The molecule has 1 aromatic carbocycles. The van der Waals surface area contributed by atoms with E-state index in [1.54, 1.807) is 38.1 Å². The molecule has 0 aliphatic carbocycles. The second-order valence-corrected chi connectivity index (χ2v) is 4.16. The predicted molar refractivity (Wildman–Crippen MR) is 71.3 cm³/mol. The quantitative estimate of drug-likeness (QED) is 0.675. The molecule has 0 bridgehead atoms. The zero-order valence-corrected chi connectivity index (χ0v) is 10.6. The van der Waals surface area contributed by atoms with Gasteiger partial charge in [0, 0.05) is 17.7 Å². The molecular formula is C13H13N3O3. The van der Waals surface area contributed by atoms with Crippen LogP contribution in [0, 0.1) is 24.0 Å². The lowest BCUT2D eigenvalue weighted by Gasteiger charge is -2.09. The normalized spacial score (nSPS) is 10.2. The maximum absolute atomic E-state index is 10.8. The highest BCUT2D eigenvalue weighted by molar-refractivity contribution is 5.50. The lowest BCUT2D eigenvalue weighted by atomic mass is 10.1. The zero-order valence-electron chi connectivity index (χ0n) is 10.6. The van der Waals surface area contributed by atoms with E-state index in [9.17, 15) is 10.1 Å². The molecule has 0 spiro atoms. The lowest BCUT2D eigenvalue weighted by molar-refractivity contribution is -0.385. The molecule has 2 rings (SSSR count). The smallest absolute Gasteiger partial charge is 0.272 e. The van der Waals surface area contributed by atoms with Gasteiger partial charge in [0.15, 0.2) is 0 Å². The summed E-state index contributed by atoms with van der Waals surface area (Å²) in [5.41, 5.74) is 6.84. The van der Waals surface area contributed by atoms with Crippen molar-refractivity contribution in [2.75, 3.05) is 5.73 Å². The Balaban J connectivity index is 2.36. The Labute approximate surface area is 110 Å². The Morgan fingerprint density at radius 3 is 2.63 bits per heavy atom. The highest BCUT2D eigenvalue weighted by Crippen LogP contribution is 2.30. The van der Waals surface area contributed by atoms with Crippen LogP contribution in [0.4, 0.5) is 11.5 Å². The molecule has 2 aromatic rings. The van der Waals surface area contributed by atoms with E-state index < -0.39 is 4.92 Å². The van der Waals surface area contributed by atoms with E-state index in [1.807, 2.05) is 0 Å². The van der Waals surface area contributed by atoms with Crippen molar-refractivity contribution in [3.63, 3.8) is 0 Å². The zero-order chi connectivity index (χ0) is 14.0. The fraction of sp³-hybridized carbons (Fsp3) is 0.154. The Morgan fingerprint density at radius 2 is 2.00 bits per heavy atom. The van der Waals surface area contributed by atoms with Crippen LogP contribution >= 0.6 is 0 Å². The SMILES string of the molecule is Cc1cc([N+](=O)[O-])c(C)cc1Oc1cccc(N)n1.